The van der Waals surface area contributed by atoms with Crippen molar-refractivity contribution in [2.24, 2.45) is 0 Å². The van der Waals surface area contributed by atoms with Crippen LogP contribution in [0, 0.1) is 0 Å². The van der Waals surface area contributed by atoms with Crippen LogP contribution >= 0.6 is 0 Å². The number of rotatable bonds is 5. The Labute approximate surface area is 206 Å². The predicted molar refractivity (Wildman–Crippen MR) is 133 cm³/mol. The van der Waals surface area contributed by atoms with Crippen LogP contribution in [0.5, 0.6) is 0 Å². The number of carbonyl (C=O) groups is 3. The lowest BCUT2D eigenvalue weighted by Gasteiger charge is -2.39. The van der Waals surface area contributed by atoms with Crippen molar-refractivity contribution < 1.29 is 19.1 Å². The predicted octanol–water partition coefficient (Wildman–Crippen LogP) is 4.11. The SMILES string of the molecule is CNC(=O)c1ccc(-c2ccc(C(=O)N(C3CC3)C3CCN(C(=O)OC(C)(C)C)CC3)cc2)nc1. The van der Waals surface area contributed by atoms with Crippen molar-refractivity contribution in [1.29, 1.82) is 0 Å². The molecule has 1 aliphatic carbocycles. The number of hydrogen-bond acceptors (Lipinski definition) is 5. The molecule has 0 spiro atoms. The van der Waals surface area contributed by atoms with Gasteiger partial charge in [0.2, 0.25) is 0 Å². The Morgan fingerprint density at radius 2 is 1.54 bits per heavy atom. The van der Waals surface area contributed by atoms with Gasteiger partial charge in [0, 0.05) is 49.5 Å². The van der Waals surface area contributed by atoms with Gasteiger partial charge in [0.25, 0.3) is 11.8 Å². The molecule has 0 unspecified atom stereocenters. The van der Waals surface area contributed by atoms with Gasteiger partial charge in [-0.1, -0.05) is 12.1 Å². The van der Waals surface area contributed by atoms with E-state index in [9.17, 15) is 14.4 Å². The standard InChI is InChI=1S/C27H34N4O4/c1-27(2,3)35-26(34)30-15-13-22(14-16-30)31(21-10-11-21)25(33)19-7-5-18(6-8-19)23-12-9-20(17-29-23)24(32)28-4/h5-9,12,17,21-22H,10-11,13-16H2,1-4H3,(H,28,32). The molecular formula is C27H34N4O4. The van der Waals surface area contributed by atoms with Crippen molar-refractivity contribution in [2.45, 2.75) is 64.1 Å². The summed E-state index contributed by atoms with van der Waals surface area (Å²) in [6.07, 6.45) is 4.82. The van der Waals surface area contributed by atoms with Crippen LogP contribution in [0.15, 0.2) is 42.6 Å². The van der Waals surface area contributed by atoms with Crippen molar-refractivity contribution in [2.75, 3.05) is 20.1 Å². The van der Waals surface area contributed by atoms with Gasteiger partial charge in [-0.15, -0.1) is 0 Å². The number of likely N-dealkylation sites (tertiary alicyclic amines) is 1. The number of nitrogens with zero attached hydrogens (tertiary/aromatic N) is 3. The van der Waals surface area contributed by atoms with E-state index in [0.717, 1.165) is 36.9 Å². The Morgan fingerprint density at radius 1 is 0.943 bits per heavy atom. The lowest BCUT2D eigenvalue weighted by molar-refractivity contribution is 0.0142. The highest BCUT2D eigenvalue weighted by Crippen LogP contribution is 2.34. The van der Waals surface area contributed by atoms with Crippen molar-refractivity contribution >= 4 is 17.9 Å². The van der Waals surface area contributed by atoms with Gasteiger partial charge in [0.05, 0.1) is 11.3 Å². The zero-order valence-electron chi connectivity index (χ0n) is 20.9. The van der Waals surface area contributed by atoms with Gasteiger partial charge in [0.1, 0.15) is 5.60 Å². The third-order valence-corrected chi connectivity index (χ3v) is 6.36. The molecular weight excluding hydrogens is 444 g/mol. The van der Waals surface area contributed by atoms with Gasteiger partial charge in [-0.05, 0) is 70.7 Å². The molecule has 1 saturated heterocycles. The molecule has 1 N–H and O–H groups in total. The molecule has 0 radical (unpaired) electrons. The summed E-state index contributed by atoms with van der Waals surface area (Å²) in [4.78, 5) is 45.8. The van der Waals surface area contributed by atoms with Gasteiger partial charge in [0.15, 0.2) is 0 Å². The minimum Gasteiger partial charge on any atom is -0.444 e. The highest BCUT2D eigenvalue weighted by Gasteiger charge is 2.39. The Hall–Kier alpha value is -3.42. The van der Waals surface area contributed by atoms with E-state index in [-0.39, 0.29) is 30.0 Å². The van der Waals surface area contributed by atoms with Crippen LogP contribution in [-0.2, 0) is 4.74 Å². The van der Waals surface area contributed by atoms with Gasteiger partial charge in [-0.25, -0.2) is 4.79 Å². The third-order valence-electron chi connectivity index (χ3n) is 6.36. The number of amides is 3. The first-order chi connectivity index (χ1) is 16.7. The molecule has 1 saturated carbocycles. The largest absolute Gasteiger partial charge is 0.444 e. The maximum atomic E-state index is 13.5. The molecule has 4 rings (SSSR count). The maximum Gasteiger partial charge on any atom is 0.410 e. The molecule has 3 amide bonds. The first kappa shape index (κ1) is 24.7. The number of benzene rings is 1. The second-order valence-electron chi connectivity index (χ2n) is 10.2. The van der Waals surface area contributed by atoms with Gasteiger partial charge < -0.3 is 19.9 Å². The minimum atomic E-state index is -0.516. The molecule has 8 nitrogen and oxygen atoms in total. The van der Waals surface area contributed by atoms with Crippen molar-refractivity contribution in [3.8, 4) is 11.3 Å². The second-order valence-corrected chi connectivity index (χ2v) is 10.2. The lowest BCUT2D eigenvalue weighted by atomic mass is 10.0. The summed E-state index contributed by atoms with van der Waals surface area (Å²) in [5, 5.41) is 2.58. The number of ether oxygens (including phenoxy) is 1. The summed E-state index contributed by atoms with van der Waals surface area (Å²) in [5.74, 6) is -0.139. The summed E-state index contributed by atoms with van der Waals surface area (Å²) in [6, 6.07) is 11.4. The van der Waals surface area contributed by atoms with Crippen LogP contribution < -0.4 is 5.32 Å². The molecule has 186 valence electrons. The molecule has 1 aromatic carbocycles. The van der Waals surface area contributed by atoms with E-state index in [1.54, 1.807) is 30.3 Å². The molecule has 0 atom stereocenters. The normalized spacial score (nSPS) is 16.5. The molecule has 1 aliphatic heterocycles. The molecule has 8 heteroatoms. The van der Waals surface area contributed by atoms with Crippen LogP contribution in [0.25, 0.3) is 11.3 Å². The first-order valence-corrected chi connectivity index (χ1v) is 12.3. The fourth-order valence-corrected chi connectivity index (χ4v) is 4.41. The van der Waals surface area contributed by atoms with Gasteiger partial charge in [-0.2, -0.15) is 0 Å². The third kappa shape index (κ3) is 5.99. The number of aromatic nitrogens is 1. The van der Waals surface area contributed by atoms with Crippen molar-refractivity contribution in [3.05, 3.63) is 53.7 Å². The Kier molecular flexibility index (Phi) is 7.10. The highest BCUT2D eigenvalue weighted by atomic mass is 16.6. The highest BCUT2D eigenvalue weighted by molar-refractivity contribution is 5.95. The van der Waals surface area contributed by atoms with Crippen molar-refractivity contribution in [1.82, 2.24) is 20.1 Å². The molecule has 0 bridgehead atoms. The molecule has 2 fully saturated rings. The van der Waals surface area contributed by atoms with Gasteiger partial charge >= 0.3 is 6.09 Å². The fraction of sp³-hybridized carbons (Fsp3) is 0.481. The Balaban J connectivity index is 1.41. The van der Waals surface area contributed by atoms with E-state index < -0.39 is 5.60 Å². The van der Waals surface area contributed by atoms with Crippen LogP contribution in [0.3, 0.4) is 0 Å². The number of nitrogens with one attached hydrogen (secondary N) is 1. The first-order valence-electron chi connectivity index (χ1n) is 12.3. The van der Waals surface area contributed by atoms with E-state index in [0.29, 0.717) is 24.2 Å². The molecule has 35 heavy (non-hydrogen) atoms. The summed E-state index contributed by atoms with van der Waals surface area (Å²) in [5.41, 5.74) is 2.26. The van der Waals surface area contributed by atoms with E-state index in [2.05, 4.69) is 10.3 Å². The van der Waals surface area contributed by atoms with Crippen molar-refractivity contribution in [3.63, 3.8) is 0 Å². The average molecular weight is 479 g/mol. The monoisotopic (exact) mass is 478 g/mol. The fourth-order valence-electron chi connectivity index (χ4n) is 4.41. The number of carbonyl (C=O) groups excluding carboxylic acids is 3. The summed E-state index contributed by atoms with van der Waals surface area (Å²) in [6.45, 7) is 6.78. The minimum absolute atomic E-state index is 0.0395. The van der Waals surface area contributed by atoms with Crippen LogP contribution in [0.1, 0.15) is 67.2 Å². The molecule has 2 aromatic rings. The van der Waals surface area contributed by atoms with E-state index in [4.69, 9.17) is 4.74 Å². The molecule has 2 heterocycles. The summed E-state index contributed by atoms with van der Waals surface area (Å²) in [7, 11) is 1.58. The van der Waals surface area contributed by atoms with E-state index in [1.165, 1.54) is 0 Å². The Bertz CT molecular complexity index is 1060. The van der Waals surface area contributed by atoms with Crippen LogP contribution in [0.4, 0.5) is 4.79 Å². The lowest BCUT2D eigenvalue weighted by Crippen LogP contribution is -2.50. The van der Waals surface area contributed by atoms with Crippen LogP contribution in [-0.4, -0.2) is 70.5 Å². The van der Waals surface area contributed by atoms with E-state index in [1.807, 2.05) is 49.9 Å². The number of hydrogen-bond donors (Lipinski definition) is 1. The number of piperidine rings is 1. The molecule has 2 aliphatic rings. The van der Waals surface area contributed by atoms with Gasteiger partial charge in [-0.3, -0.25) is 14.6 Å². The summed E-state index contributed by atoms with van der Waals surface area (Å²) >= 11 is 0. The molecule has 1 aromatic heterocycles. The quantitative estimate of drug-likeness (QED) is 0.698. The second kappa shape index (κ2) is 10.1. The topological polar surface area (TPSA) is 91.8 Å². The summed E-state index contributed by atoms with van der Waals surface area (Å²) < 4.78 is 5.50. The Morgan fingerprint density at radius 3 is 2.06 bits per heavy atom. The zero-order chi connectivity index (χ0) is 25.2. The van der Waals surface area contributed by atoms with Crippen LogP contribution in [0.2, 0.25) is 0 Å². The maximum absolute atomic E-state index is 13.5. The average Bonchev–Trinajstić information content (AvgIpc) is 3.68. The smallest absolute Gasteiger partial charge is 0.410 e. The van der Waals surface area contributed by atoms with E-state index >= 15 is 0 Å². The number of pyridine rings is 1. The zero-order valence-corrected chi connectivity index (χ0v) is 20.9.